The Bertz CT molecular complexity index is 473. The lowest BCUT2D eigenvalue weighted by Gasteiger charge is -2.35. The third-order valence-electron chi connectivity index (χ3n) is 4.47. The molecule has 1 aromatic rings. The van der Waals surface area contributed by atoms with Gasteiger partial charge in [0.1, 0.15) is 5.82 Å². The molecule has 0 radical (unpaired) electrons. The minimum absolute atomic E-state index is 0.0936. The summed E-state index contributed by atoms with van der Waals surface area (Å²) in [7, 11) is 0. The Labute approximate surface area is 128 Å². The van der Waals surface area contributed by atoms with Crippen molar-refractivity contribution < 1.29 is 4.39 Å². The van der Waals surface area contributed by atoms with E-state index in [1.807, 2.05) is 13.0 Å². The molecule has 21 heavy (non-hydrogen) atoms. The van der Waals surface area contributed by atoms with Crippen molar-refractivity contribution in [3.05, 3.63) is 29.1 Å². The molecule has 1 heterocycles. The standard InChI is InChI=1S/C18H29FN2/c1-5-8-20-15(4)16-11-17(19)14(3)10-18(16)21-9-6-7-13(2)12-21/h10-11,13,15,20H,5-9,12H2,1-4H3. The van der Waals surface area contributed by atoms with Gasteiger partial charge in [0.25, 0.3) is 0 Å². The molecule has 1 aliphatic rings. The normalized spacial score (nSPS) is 20.6. The molecule has 1 saturated heterocycles. The first-order chi connectivity index (χ1) is 10.0. The number of hydrogen-bond donors (Lipinski definition) is 1. The molecular formula is C18H29FN2. The first kappa shape index (κ1) is 16.3. The number of nitrogens with one attached hydrogen (secondary N) is 1. The zero-order valence-electron chi connectivity index (χ0n) is 13.9. The van der Waals surface area contributed by atoms with Crippen LogP contribution in [0.1, 0.15) is 57.2 Å². The van der Waals surface area contributed by atoms with Crippen molar-refractivity contribution >= 4 is 5.69 Å². The Balaban J connectivity index is 2.31. The van der Waals surface area contributed by atoms with E-state index in [9.17, 15) is 4.39 Å². The Morgan fingerprint density at radius 1 is 1.43 bits per heavy atom. The molecule has 1 aliphatic heterocycles. The average molecular weight is 292 g/mol. The minimum atomic E-state index is -0.0936. The first-order valence-electron chi connectivity index (χ1n) is 8.31. The van der Waals surface area contributed by atoms with E-state index in [0.717, 1.165) is 43.1 Å². The fraction of sp³-hybridized carbons (Fsp3) is 0.667. The molecule has 1 N–H and O–H groups in total. The number of piperidine rings is 1. The average Bonchev–Trinajstić information content (AvgIpc) is 2.47. The van der Waals surface area contributed by atoms with Crippen molar-refractivity contribution in [3.63, 3.8) is 0 Å². The summed E-state index contributed by atoms with van der Waals surface area (Å²) in [6.07, 6.45) is 3.62. The monoisotopic (exact) mass is 292 g/mol. The lowest BCUT2D eigenvalue weighted by molar-refractivity contribution is 0.444. The maximum atomic E-state index is 14.0. The maximum absolute atomic E-state index is 14.0. The molecule has 118 valence electrons. The summed E-state index contributed by atoms with van der Waals surface area (Å²) in [4.78, 5) is 2.44. The molecule has 1 fully saturated rings. The summed E-state index contributed by atoms with van der Waals surface area (Å²) < 4.78 is 14.0. The van der Waals surface area contributed by atoms with Crippen molar-refractivity contribution in [1.82, 2.24) is 5.32 Å². The number of anilines is 1. The van der Waals surface area contributed by atoms with Crippen molar-refractivity contribution in [2.24, 2.45) is 5.92 Å². The van der Waals surface area contributed by atoms with Gasteiger partial charge in [-0.2, -0.15) is 0 Å². The predicted molar refractivity (Wildman–Crippen MR) is 88.5 cm³/mol. The zero-order valence-corrected chi connectivity index (χ0v) is 13.9. The summed E-state index contributed by atoms with van der Waals surface area (Å²) in [6.45, 7) is 11.6. The lowest BCUT2D eigenvalue weighted by Crippen LogP contribution is -2.35. The molecule has 2 atom stereocenters. The van der Waals surface area contributed by atoms with Gasteiger partial charge in [0.2, 0.25) is 0 Å². The predicted octanol–water partition coefficient (Wildman–Crippen LogP) is 4.43. The van der Waals surface area contributed by atoms with Gasteiger partial charge in [-0.15, -0.1) is 0 Å². The number of nitrogens with zero attached hydrogens (tertiary/aromatic N) is 1. The third-order valence-corrected chi connectivity index (χ3v) is 4.47. The molecule has 0 saturated carbocycles. The Morgan fingerprint density at radius 3 is 2.86 bits per heavy atom. The van der Waals surface area contributed by atoms with Crippen LogP contribution >= 0.6 is 0 Å². The third kappa shape index (κ3) is 3.97. The molecule has 3 heteroatoms. The highest BCUT2D eigenvalue weighted by molar-refractivity contribution is 5.57. The highest BCUT2D eigenvalue weighted by atomic mass is 19.1. The Kier molecular flexibility index (Phi) is 5.63. The zero-order chi connectivity index (χ0) is 15.4. The van der Waals surface area contributed by atoms with Crippen LogP contribution in [-0.2, 0) is 0 Å². The van der Waals surface area contributed by atoms with E-state index in [4.69, 9.17) is 0 Å². The van der Waals surface area contributed by atoms with Gasteiger partial charge in [0.15, 0.2) is 0 Å². The van der Waals surface area contributed by atoms with E-state index in [2.05, 4.69) is 31.0 Å². The number of halogens is 1. The summed E-state index contributed by atoms with van der Waals surface area (Å²) in [6, 6.07) is 3.96. The van der Waals surface area contributed by atoms with E-state index < -0.39 is 0 Å². The highest BCUT2D eigenvalue weighted by Crippen LogP contribution is 2.32. The summed E-state index contributed by atoms with van der Waals surface area (Å²) in [5.41, 5.74) is 3.06. The highest BCUT2D eigenvalue weighted by Gasteiger charge is 2.22. The van der Waals surface area contributed by atoms with Gasteiger partial charge < -0.3 is 10.2 Å². The van der Waals surface area contributed by atoms with Crippen LogP contribution in [0.5, 0.6) is 0 Å². The molecular weight excluding hydrogens is 263 g/mol. The molecule has 0 bridgehead atoms. The molecule has 0 spiro atoms. The first-order valence-corrected chi connectivity index (χ1v) is 8.31. The quantitative estimate of drug-likeness (QED) is 0.863. The van der Waals surface area contributed by atoms with E-state index >= 15 is 0 Å². The molecule has 1 aromatic carbocycles. The van der Waals surface area contributed by atoms with Crippen LogP contribution in [0.2, 0.25) is 0 Å². The fourth-order valence-corrected chi connectivity index (χ4v) is 3.18. The number of benzene rings is 1. The van der Waals surface area contributed by atoms with Crippen LogP contribution in [0.4, 0.5) is 10.1 Å². The van der Waals surface area contributed by atoms with Crippen LogP contribution in [0, 0.1) is 18.7 Å². The summed E-state index contributed by atoms with van der Waals surface area (Å²) in [5, 5.41) is 3.49. The summed E-state index contributed by atoms with van der Waals surface area (Å²) >= 11 is 0. The van der Waals surface area contributed by atoms with E-state index in [0.29, 0.717) is 0 Å². The van der Waals surface area contributed by atoms with Gasteiger partial charge >= 0.3 is 0 Å². The minimum Gasteiger partial charge on any atom is -0.371 e. The van der Waals surface area contributed by atoms with Crippen molar-refractivity contribution in [2.45, 2.75) is 53.0 Å². The fourth-order valence-electron chi connectivity index (χ4n) is 3.18. The molecule has 0 aromatic heterocycles. The molecule has 2 unspecified atom stereocenters. The number of hydrogen-bond acceptors (Lipinski definition) is 2. The van der Waals surface area contributed by atoms with Gasteiger partial charge in [-0.05, 0) is 68.8 Å². The van der Waals surface area contributed by atoms with Gasteiger partial charge in [0, 0.05) is 24.8 Å². The largest absolute Gasteiger partial charge is 0.371 e. The topological polar surface area (TPSA) is 15.3 Å². The van der Waals surface area contributed by atoms with Crippen LogP contribution < -0.4 is 10.2 Å². The molecule has 2 nitrogen and oxygen atoms in total. The second-order valence-electron chi connectivity index (χ2n) is 6.53. The molecule has 0 aliphatic carbocycles. The van der Waals surface area contributed by atoms with Crippen LogP contribution in [-0.4, -0.2) is 19.6 Å². The van der Waals surface area contributed by atoms with Gasteiger partial charge in [-0.3, -0.25) is 0 Å². The smallest absolute Gasteiger partial charge is 0.126 e. The van der Waals surface area contributed by atoms with Crippen molar-refractivity contribution in [1.29, 1.82) is 0 Å². The molecule has 2 rings (SSSR count). The van der Waals surface area contributed by atoms with E-state index in [1.165, 1.54) is 18.5 Å². The number of aryl methyl sites for hydroxylation is 1. The van der Waals surface area contributed by atoms with Crippen molar-refractivity contribution in [2.75, 3.05) is 24.5 Å². The second kappa shape index (κ2) is 7.26. The van der Waals surface area contributed by atoms with Crippen LogP contribution in [0.3, 0.4) is 0 Å². The van der Waals surface area contributed by atoms with Crippen molar-refractivity contribution in [3.8, 4) is 0 Å². The second-order valence-corrected chi connectivity index (χ2v) is 6.53. The van der Waals surface area contributed by atoms with E-state index in [1.54, 1.807) is 6.07 Å². The van der Waals surface area contributed by atoms with Crippen LogP contribution in [0.25, 0.3) is 0 Å². The van der Waals surface area contributed by atoms with Gasteiger partial charge in [-0.1, -0.05) is 13.8 Å². The lowest BCUT2D eigenvalue weighted by atomic mass is 9.96. The SMILES string of the molecule is CCCNC(C)c1cc(F)c(C)cc1N1CCCC(C)C1. The van der Waals surface area contributed by atoms with Gasteiger partial charge in [0.05, 0.1) is 0 Å². The molecule has 0 amide bonds. The Hall–Kier alpha value is -1.09. The van der Waals surface area contributed by atoms with Gasteiger partial charge in [-0.25, -0.2) is 4.39 Å². The maximum Gasteiger partial charge on any atom is 0.126 e. The Morgan fingerprint density at radius 2 is 2.19 bits per heavy atom. The van der Waals surface area contributed by atoms with Crippen LogP contribution in [0.15, 0.2) is 12.1 Å². The number of rotatable bonds is 5. The van der Waals surface area contributed by atoms with E-state index in [-0.39, 0.29) is 11.9 Å². The summed E-state index contributed by atoms with van der Waals surface area (Å²) in [5.74, 6) is 0.625.